The Morgan fingerprint density at radius 2 is 1.86 bits per heavy atom. The third-order valence-electron chi connectivity index (χ3n) is 10.8. The third kappa shape index (κ3) is 2.80. The van der Waals surface area contributed by atoms with Crippen LogP contribution in [0.1, 0.15) is 51.0 Å². The number of allylic oxidation sites excluding steroid dienone is 2. The molecule has 3 fully saturated rings. The number of aromatic nitrogens is 2. The van der Waals surface area contributed by atoms with Crippen LogP contribution >= 0.6 is 0 Å². The molecule has 1 aromatic carbocycles. The van der Waals surface area contributed by atoms with Crippen molar-refractivity contribution in [2.24, 2.45) is 16.7 Å². The van der Waals surface area contributed by atoms with E-state index in [-0.39, 0.29) is 17.4 Å². The molecule has 3 aliphatic carbocycles. The number of aliphatic hydroxyl groups excluding tert-OH is 2. The Bertz CT molecular complexity index is 1410. The zero-order valence-corrected chi connectivity index (χ0v) is 21.7. The maximum absolute atomic E-state index is 11.3. The minimum Gasteiger partial charge on any atom is -0.388 e. The molecule has 2 saturated carbocycles. The highest BCUT2D eigenvalue weighted by Gasteiger charge is 2.74. The van der Waals surface area contributed by atoms with Gasteiger partial charge in [0.05, 0.1) is 35.8 Å². The molecule has 7 heteroatoms. The van der Waals surface area contributed by atoms with Crippen molar-refractivity contribution in [2.75, 3.05) is 14.1 Å². The van der Waals surface area contributed by atoms with Crippen molar-refractivity contribution in [1.29, 1.82) is 5.26 Å². The van der Waals surface area contributed by atoms with E-state index in [2.05, 4.69) is 53.5 Å². The molecule has 2 bridgehead atoms. The fourth-order valence-electron chi connectivity index (χ4n) is 8.85. The Labute approximate surface area is 217 Å². The highest BCUT2D eigenvalue weighted by atomic mass is 16.5. The maximum atomic E-state index is 11.3. The van der Waals surface area contributed by atoms with Gasteiger partial charge in [-0.2, -0.15) is 15.5 Å². The van der Waals surface area contributed by atoms with Crippen molar-refractivity contribution in [3.05, 3.63) is 53.9 Å². The molecule has 2 unspecified atom stereocenters. The molecule has 2 spiro atoms. The SMILES string of the molecule is CN(C)[C@H]1C[C@@]23CC[C@]4(O2)C2CC=C(c5ccc6cnncc6c5)[C@@]2(C)CCC4(C#N)C=C3[C@@H](O)[C@@H]1O. The van der Waals surface area contributed by atoms with Gasteiger partial charge in [0.15, 0.2) is 0 Å². The van der Waals surface area contributed by atoms with Crippen LogP contribution < -0.4 is 0 Å². The lowest BCUT2D eigenvalue weighted by Gasteiger charge is -2.61. The predicted molar refractivity (Wildman–Crippen MR) is 139 cm³/mol. The second-order valence-electron chi connectivity index (χ2n) is 12.5. The number of nitriles is 1. The molecular weight excluding hydrogens is 464 g/mol. The van der Waals surface area contributed by atoms with Crippen LogP contribution in [0.25, 0.3) is 16.3 Å². The van der Waals surface area contributed by atoms with Crippen molar-refractivity contribution < 1.29 is 14.9 Å². The fourth-order valence-corrected chi connectivity index (χ4v) is 8.85. The Balaban J connectivity index is 1.32. The quantitative estimate of drug-likeness (QED) is 0.610. The lowest BCUT2D eigenvalue weighted by Crippen LogP contribution is -2.66. The normalized spacial score (nSPS) is 44.0. The summed E-state index contributed by atoms with van der Waals surface area (Å²) in [6.07, 6.45) is 10.7. The zero-order valence-electron chi connectivity index (χ0n) is 21.7. The van der Waals surface area contributed by atoms with Gasteiger partial charge in [-0.1, -0.05) is 31.2 Å². The van der Waals surface area contributed by atoms with Crippen LogP contribution in [-0.4, -0.2) is 68.9 Å². The average molecular weight is 499 g/mol. The van der Waals surface area contributed by atoms with Gasteiger partial charge in [0, 0.05) is 22.7 Å². The molecule has 192 valence electrons. The maximum Gasteiger partial charge on any atom is 0.105 e. The van der Waals surface area contributed by atoms with Gasteiger partial charge < -0.3 is 19.8 Å². The molecule has 37 heavy (non-hydrogen) atoms. The van der Waals surface area contributed by atoms with Gasteiger partial charge in [-0.3, -0.25) is 0 Å². The van der Waals surface area contributed by atoms with E-state index < -0.39 is 28.8 Å². The van der Waals surface area contributed by atoms with Crippen LogP contribution in [0.3, 0.4) is 0 Å². The zero-order chi connectivity index (χ0) is 25.8. The van der Waals surface area contributed by atoms with Gasteiger partial charge in [-0.05, 0) is 80.8 Å². The highest BCUT2D eigenvalue weighted by molar-refractivity contribution is 5.86. The van der Waals surface area contributed by atoms with Crippen molar-refractivity contribution in [3.8, 4) is 6.07 Å². The summed E-state index contributed by atoms with van der Waals surface area (Å²) in [5.74, 6) is 0.161. The summed E-state index contributed by atoms with van der Waals surface area (Å²) < 4.78 is 7.27. The first kappa shape index (κ1) is 23.5. The number of hydrogen-bond acceptors (Lipinski definition) is 7. The van der Waals surface area contributed by atoms with Crippen molar-refractivity contribution in [3.63, 3.8) is 0 Å². The standard InChI is InChI=1S/C30H34N4O3/c1-27-8-9-28(17-31)13-22-25(35)26(36)23(34(2)3)14-29(22)10-11-30(28,37-29)24(27)7-6-21(27)18-4-5-19-15-32-33-16-20(19)12-18/h4-6,12-13,15-16,23-26,35-36H,7-11,14H2,1-3H3/t23-,24?,25+,26+,27+,28?,29+,30-/m0/s1. The van der Waals surface area contributed by atoms with Gasteiger partial charge in [0.25, 0.3) is 0 Å². The van der Waals surface area contributed by atoms with Crippen LogP contribution in [0.5, 0.6) is 0 Å². The van der Waals surface area contributed by atoms with Crippen molar-refractivity contribution >= 4 is 16.3 Å². The lowest BCUT2D eigenvalue weighted by atomic mass is 9.49. The molecule has 0 amide bonds. The van der Waals surface area contributed by atoms with Gasteiger partial charge in [0.2, 0.25) is 0 Å². The van der Waals surface area contributed by atoms with E-state index in [1.807, 2.05) is 25.2 Å². The number of rotatable bonds is 2. The Kier molecular flexibility index (Phi) is 4.75. The largest absolute Gasteiger partial charge is 0.388 e. The van der Waals surface area contributed by atoms with Gasteiger partial charge in [-0.15, -0.1) is 0 Å². The van der Waals surface area contributed by atoms with E-state index in [1.54, 1.807) is 6.20 Å². The van der Waals surface area contributed by atoms with Crippen molar-refractivity contribution in [2.45, 2.75) is 74.9 Å². The minimum absolute atomic E-state index is 0.126. The third-order valence-corrected chi connectivity index (χ3v) is 10.8. The molecule has 2 aromatic rings. The van der Waals surface area contributed by atoms with Crippen LogP contribution in [0, 0.1) is 28.1 Å². The van der Waals surface area contributed by atoms with Crippen LogP contribution in [0.2, 0.25) is 0 Å². The van der Waals surface area contributed by atoms with E-state index >= 15 is 0 Å². The van der Waals surface area contributed by atoms with E-state index in [9.17, 15) is 15.5 Å². The van der Waals surface area contributed by atoms with Crippen LogP contribution in [-0.2, 0) is 4.74 Å². The molecule has 2 aliphatic heterocycles. The summed E-state index contributed by atoms with van der Waals surface area (Å²) in [7, 11) is 3.89. The summed E-state index contributed by atoms with van der Waals surface area (Å²) in [6.45, 7) is 2.36. The molecule has 8 atom stereocenters. The van der Waals surface area contributed by atoms with Crippen LogP contribution in [0.4, 0.5) is 0 Å². The molecule has 1 aromatic heterocycles. The molecule has 7 rings (SSSR count). The van der Waals surface area contributed by atoms with Gasteiger partial charge in [-0.25, -0.2) is 0 Å². The molecular formula is C30H34N4O3. The number of fused-ring (bicyclic) bond motifs is 2. The predicted octanol–water partition coefficient (Wildman–Crippen LogP) is 3.63. The Hall–Kier alpha value is -2.63. The molecule has 3 heterocycles. The van der Waals surface area contributed by atoms with E-state index in [1.165, 1.54) is 11.1 Å². The summed E-state index contributed by atoms with van der Waals surface area (Å²) >= 11 is 0. The molecule has 5 aliphatic rings. The molecule has 1 saturated heterocycles. The first-order chi connectivity index (χ1) is 17.7. The smallest absolute Gasteiger partial charge is 0.105 e. The number of likely N-dealkylation sites (N-methyl/N-ethyl adjacent to an activating group) is 1. The first-order valence-electron chi connectivity index (χ1n) is 13.5. The molecule has 0 radical (unpaired) electrons. The second kappa shape index (κ2) is 7.48. The van der Waals surface area contributed by atoms with E-state index in [0.29, 0.717) is 12.8 Å². The number of benzene rings is 1. The summed E-state index contributed by atoms with van der Waals surface area (Å²) in [6, 6.07) is 9.01. The number of aliphatic hydroxyl groups is 2. The fraction of sp³-hybridized carbons (Fsp3) is 0.567. The first-order valence-corrected chi connectivity index (χ1v) is 13.5. The topological polar surface area (TPSA) is 102 Å². The highest BCUT2D eigenvalue weighted by Crippen LogP contribution is 2.72. The number of hydrogen-bond donors (Lipinski definition) is 2. The average Bonchev–Trinajstić information content (AvgIpc) is 3.42. The lowest BCUT2D eigenvalue weighted by molar-refractivity contribution is -0.223. The van der Waals surface area contributed by atoms with Gasteiger partial charge >= 0.3 is 0 Å². The Morgan fingerprint density at radius 3 is 2.62 bits per heavy atom. The Morgan fingerprint density at radius 1 is 1.08 bits per heavy atom. The van der Waals surface area contributed by atoms with Crippen LogP contribution in [0.15, 0.2) is 48.3 Å². The van der Waals surface area contributed by atoms with Crippen molar-refractivity contribution in [1.82, 2.24) is 15.1 Å². The summed E-state index contributed by atoms with van der Waals surface area (Å²) in [5, 5.41) is 43.2. The monoisotopic (exact) mass is 498 g/mol. The van der Waals surface area contributed by atoms with E-state index in [4.69, 9.17) is 4.74 Å². The summed E-state index contributed by atoms with van der Waals surface area (Å²) in [5.41, 5.74) is 1.10. The summed E-state index contributed by atoms with van der Waals surface area (Å²) in [4.78, 5) is 1.99. The number of ether oxygens (including phenoxy) is 1. The second-order valence-corrected chi connectivity index (χ2v) is 12.5. The van der Waals surface area contributed by atoms with Gasteiger partial charge in [0.1, 0.15) is 11.5 Å². The number of nitrogens with zero attached hydrogens (tertiary/aromatic N) is 4. The minimum atomic E-state index is -1.02. The van der Waals surface area contributed by atoms with E-state index in [0.717, 1.165) is 42.0 Å². The molecule has 7 nitrogen and oxygen atoms in total. The molecule has 2 N–H and O–H groups in total.